The Bertz CT molecular complexity index is 934. The fourth-order valence-electron chi connectivity index (χ4n) is 3.04. The van der Waals surface area contributed by atoms with Gasteiger partial charge in [-0.05, 0) is 29.5 Å². The standard InChI is InChI=1S/C20H20N2O3/c1-22(18(11-12-23)14-7-3-2-4-8-14)20(25)17-13-15-9-5-6-10-16(15)19(24)21-17/h2-10,13,18,23H,11-12H2,1H3,(H,21,24). The van der Waals surface area contributed by atoms with Crippen molar-refractivity contribution in [1.82, 2.24) is 9.88 Å². The van der Waals surface area contributed by atoms with Crippen LogP contribution in [0.4, 0.5) is 0 Å². The Hall–Kier alpha value is -2.92. The van der Waals surface area contributed by atoms with E-state index in [-0.39, 0.29) is 29.8 Å². The molecule has 3 aromatic rings. The van der Waals surface area contributed by atoms with Crippen LogP contribution in [0.1, 0.15) is 28.5 Å². The summed E-state index contributed by atoms with van der Waals surface area (Å²) in [5.74, 6) is -0.287. The first kappa shape index (κ1) is 16.9. The lowest BCUT2D eigenvalue weighted by atomic mass is 10.0. The fourth-order valence-corrected chi connectivity index (χ4v) is 3.04. The summed E-state index contributed by atoms with van der Waals surface area (Å²) < 4.78 is 0. The van der Waals surface area contributed by atoms with Crippen molar-refractivity contribution in [3.63, 3.8) is 0 Å². The Balaban J connectivity index is 1.97. The first-order valence-electron chi connectivity index (χ1n) is 8.17. The van der Waals surface area contributed by atoms with Crippen molar-refractivity contribution in [3.8, 4) is 0 Å². The number of pyridine rings is 1. The summed E-state index contributed by atoms with van der Waals surface area (Å²) in [6.07, 6.45) is 0.421. The highest BCUT2D eigenvalue weighted by Gasteiger charge is 2.23. The minimum atomic E-state index is -0.287. The molecule has 3 rings (SSSR count). The molecular weight excluding hydrogens is 316 g/mol. The molecule has 2 N–H and O–H groups in total. The molecule has 1 aromatic heterocycles. The number of hydrogen-bond donors (Lipinski definition) is 2. The van der Waals surface area contributed by atoms with Gasteiger partial charge in [0, 0.05) is 19.0 Å². The van der Waals surface area contributed by atoms with Crippen molar-refractivity contribution in [3.05, 3.63) is 82.3 Å². The molecular formula is C20H20N2O3. The summed E-state index contributed by atoms with van der Waals surface area (Å²) in [4.78, 5) is 29.4. The van der Waals surface area contributed by atoms with E-state index in [1.807, 2.05) is 42.5 Å². The predicted molar refractivity (Wildman–Crippen MR) is 97.5 cm³/mol. The average Bonchev–Trinajstić information content (AvgIpc) is 2.65. The number of aliphatic hydroxyl groups is 1. The van der Waals surface area contributed by atoms with Crippen LogP contribution in [0.25, 0.3) is 10.8 Å². The molecule has 0 bridgehead atoms. The van der Waals surface area contributed by atoms with Gasteiger partial charge < -0.3 is 15.0 Å². The lowest BCUT2D eigenvalue weighted by Gasteiger charge is -2.28. The largest absolute Gasteiger partial charge is 0.396 e. The molecule has 128 valence electrons. The number of amides is 1. The van der Waals surface area contributed by atoms with E-state index >= 15 is 0 Å². The summed E-state index contributed by atoms with van der Waals surface area (Å²) in [6.45, 7) is -0.0363. The molecule has 0 fully saturated rings. The normalized spacial score (nSPS) is 12.1. The minimum Gasteiger partial charge on any atom is -0.396 e. The zero-order valence-electron chi connectivity index (χ0n) is 14.0. The molecule has 2 aromatic carbocycles. The van der Waals surface area contributed by atoms with Crippen LogP contribution in [0.5, 0.6) is 0 Å². The molecule has 5 nitrogen and oxygen atoms in total. The summed E-state index contributed by atoms with van der Waals surface area (Å²) in [6, 6.07) is 18.1. The van der Waals surface area contributed by atoms with Crippen LogP contribution < -0.4 is 5.56 Å². The Morgan fingerprint density at radius 3 is 2.52 bits per heavy atom. The third-order valence-corrected chi connectivity index (χ3v) is 4.36. The zero-order valence-corrected chi connectivity index (χ0v) is 14.0. The molecule has 0 aliphatic heterocycles. The van der Waals surface area contributed by atoms with E-state index in [0.29, 0.717) is 11.8 Å². The highest BCUT2D eigenvalue weighted by Crippen LogP contribution is 2.24. The van der Waals surface area contributed by atoms with E-state index in [4.69, 9.17) is 0 Å². The van der Waals surface area contributed by atoms with Crippen LogP contribution in [0.2, 0.25) is 0 Å². The molecule has 0 aliphatic carbocycles. The van der Waals surface area contributed by atoms with E-state index in [0.717, 1.165) is 10.9 Å². The van der Waals surface area contributed by atoms with Gasteiger partial charge in [-0.2, -0.15) is 0 Å². The maximum absolute atomic E-state index is 12.9. The number of H-pyrrole nitrogens is 1. The SMILES string of the molecule is CN(C(=O)c1cc2ccccc2c(=O)[nH]1)C(CCO)c1ccccc1. The second-order valence-corrected chi connectivity index (χ2v) is 5.95. The Morgan fingerprint density at radius 1 is 1.12 bits per heavy atom. The minimum absolute atomic E-state index is 0.0363. The molecule has 5 heteroatoms. The van der Waals surface area contributed by atoms with E-state index in [2.05, 4.69) is 4.98 Å². The Morgan fingerprint density at radius 2 is 1.80 bits per heavy atom. The fraction of sp³-hybridized carbons (Fsp3) is 0.200. The molecule has 0 saturated carbocycles. The number of hydrogen-bond acceptors (Lipinski definition) is 3. The van der Waals surface area contributed by atoms with Gasteiger partial charge in [-0.3, -0.25) is 9.59 Å². The smallest absolute Gasteiger partial charge is 0.270 e. The third kappa shape index (κ3) is 3.46. The highest BCUT2D eigenvalue weighted by molar-refractivity contribution is 5.96. The van der Waals surface area contributed by atoms with E-state index in [1.54, 1.807) is 30.1 Å². The molecule has 0 aliphatic rings. The number of aromatic amines is 1. The second-order valence-electron chi connectivity index (χ2n) is 5.95. The summed E-state index contributed by atoms with van der Waals surface area (Å²) in [5.41, 5.74) is 0.897. The van der Waals surface area contributed by atoms with Crippen LogP contribution >= 0.6 is 0 Å². The number of nitrogens with zero attached hydrogens (tertiary/aromatic N) is 1. The average molecular weight is 336 g/mol. The van der Waals surface area contributed by atoms with Crippen molar-refractivity contribution >= 4 is 16.7 Å². The molecule has 1 amide bonds. The van der Waals surface area contributed by atoms with Crippen molar-refractivity contribution in [1.29, 1.82) is 0 Å². The number of fused-ring (bicyclic) bond motifs is 1. The second kappa shape index (κ2) is 7.32. The number of aliphatic hydroxyl groups excluding tert-OH is 1. The van der Waals surface area contributed by atoms with Crippen LogP contribution in [0, 0.1) is 0 Å². The molecule has 0 radical (unpaired) electrons. The highest BCUT2D eigenvalue weighted by atomic mass is 16.3. The summed E-state index contributed by atoms with van der Waals surface area (Å²) in [5, 5.41) is 10.7. The van der Waals surface area contributed by atoms with Crippen LogP contribution in [0.3, 0.4) is 0 Å². The topological polar surface area (TPSA) is 73.4 Å². The van der Waals surface area contributed by atoms with Crippen molar-refractivity contribution in [2.24, 2.45) is 0 Å². The predicted octanol–water partition coefficient (Wildman–Crippen LogP) is 2.72. The number of carbonyl (C=O) groups excluding carboxylic acids is 1. The van der Waals surface area contributed by atoms with Gasteiger partial charge in [0.1, 0.15) is 5.69 Å². The maximum Gasteiger partial charge on any atom is 0.270 e. The van der Waals surface area contributed by atoms with Crippen molar-refractivity contribution < 1.29 is 9.90 Å². The van der Waals surface area contributed by atoms with Crippen molar-refractivity contribution in [2.75, 3.05) is 13.7 Å². The molecule has 25 heavy (non-hydrogen) atoms. The van der Waals surface area contributed by atoms with Crippen LogP contribution in [0.15, 0.2) is 65.5 Å². The summed E-state index contributed by atoms with van der Waals surface area (Å²) >= 11 is 0. The number of nitrogens with one attached hydrogen (secondary N) is 1. The van der Waals surface area contributed by atoms with Gasteiger partial charge in [0.05, 0.1) is 6.04 Å². The maximum atomic E-state index is 12.9. The first-order chi connectivity index (χ1) is 12.1. The molecule has 0 saturated heterocycles. The molecule has 1 atom stereocenters. The van der Waals surface area contributed by atoms with Gasteiger partial charge >= 0.3 is 0 Å². The molecule has 1 heterocycles. The third-order valence-electron chi connectivity index (χ3n) is 4.36. The zero-order chi connectivity index (χ0) is 17.8. The lowest BCUT2D eigenvalue weighted by Crippen LogP contribution is -2.33. The number of rotatable bonds is 5. The quantitative estimate of drug-likeness (QED) is 0.752. The van der Waals surface area contributed by atoms with Gasteiger partial charge in [0.15, 0.2) is 0 Å². The van der Waals surface area contributed by atoms with Gasteiger partial charge in [0.25, 0.3) is 11.5 Å². The van der Waals surface area contributed by atoms with Crippen LogP contribution in [-0.2, 0) is 0 Å². The van der Waals surface area contributed by atoms with Crippen molar-refractivity contribution in [2.45, 2.75) is 12.5 Å². The number of benzene rings is 2. The summed E-state index contributed by atoms with van der Waals surface area (Å²) in [7, 11) is 1.68. The van der Waals surface area contributed by atoms with Gasteiger partial charge in [-0.1, -0.05) is 48.5 Å². The Kier molecular flexibility index (Phi) is 4.95. The van der Waals surface area contributed by atoms with E-state index in [9.17, 15) is 14.7 Å². The monoisotopic (exact) mass is 336 g/mol. The van der Waals surface area contributed by atoms with E-state index < -0.39 is 0 Å². The lowest BCUT2D eigenvalue weighted by molar-refractivity contribution is 0.0699. The molecule has 0 spiro atoms. The number of aromatic nitrogens is 1. The van der Waals surface area contributed by atoms with E-state index in [1.165, 1.54) is 0 Å². The van der Waals surface area contributed by atoms with Gasteiger partial charge in [0.2, 0.25) is 0 Å². The first-order valence-corrected chi connectivity index (χ1v) is 8.17. The molecule has 1 unspecified atom stereocenters. The van der Waals surface area contributed by atoms with Crippen LogP contribution in [-0.4, -0.2) is 34.6 Å². The number of carbonyl (C=O) groups is 1. The Labute approximate surface area is 145 Å². The van der Waals surface area contributed by atoms with Gasteiger partial charge in [-0.25, -0.2) is 0 Å². The van der Waals surface area contributed by atoms with Gasteiger partial charge in [-0.15, -0.1) is 0 Å².